The Labute approximate surface area is 133 Å². The molecular weight excluding hydrogens is 297 g/mol. The second-order valence-electron chi connectivity index (χ2n) is 5.83. The van der Waals surface area contributed by atoms with E-state index in [1.807, 2.05) is 6.07 Å². The molecule has 3 rings (SSSR count). The maximum absolute atomic E-state index is 13.2. The number of carbonyl (C=O) groups is 1. The summed E-state index contributed by atoms with van der Waals surface area (Å²) in [5.41, 5.74) is 1.29. The minimum atomic E-state index is -0.624. The Balaban J connectivity index is 1.62. The van der Waals surface area contributed by atoms with Gasteiger partial charge in [0.25, 0.3) is 5.91 Å². The normalized spacial score (nSPS) is 21.2. The zero-order valence-corrected chi connectivity index (χ0v) is 12.6. The van der Waals surface area contributed by atoms with Crippen LogP contribution in [0.5, 0.6) is 0 Å². The highest BCUT2D eigenvalue weighted by Crippen LogP contribution is 2.23. The number of amides is 1. The maximum Gasteiger partial charge on any atom is 0.257 e. The molecule has 1 aliphatic heterocycles. The third-order valence-corrected chi connectivity index (χ3v) is 4.20. The Hall–Kier alpha value is -2.34. The first-order valence-corrected chi connectivity index (χ1v) is 7.60. The van der Waals surface area contributed by atoms with Crippen LogP contribution in [0.1, 0.15) is 22.3 Å². The Morgan fingerprint density at radius 2 is 2.13 bits per heavy atom. The van der Waals surface area contributed by atoms with Crippen LogP contribution in [0.4, 0.5) is 4.39 Å². The number of aromatic nitrogens is 2. The quantitative estimate of drug-likeness (QED) is 0.936. The molecule has 1 fully saturated rings. The van der Waals surface area contributed by atoms with Gasteiger partial charge in [0.15, 0.2) is 0 Å². The zero-order chi connectivity index (χ0) is 16.2. The number of rotatable bonds is 3. The van der Waals surface area contributed by atoms with Gasteiger partial charge in [0.05, 0.1) is 11.7 Å². The van der Waals surface area contributed by atoms with Gasteiger partial charge in [-0.05, 0) is 36.5 Å². The molecule has 23 heavy (non-hydrogen) atoms. The van der Waals surface area contributed by atoms with E-state index in [4.69, 9.17) is 0 Å². The lowest BCUT2D eigenvalue weighted by atomic mass is 9.87. The summed E-state index contributed by atoms with van der Waals surface area (Å²) in [7, 11) is 0. The summed E-state index contributed by atoms with van der Waals surface area (Å²) in [6.45, 7) is 0.832. The van der Waals surface area contributed by atoms with Crippen LogP contribution in [0, 0.1) is 11.7 Å². The molecule has 0 bridgehead atoms. The summed E-state index contributed by atoms with van der Waals surface area (Å²) in [4.78, 5) is 21.6. The van der Waals surface area contributed by atoms with E-state index < -0.39 is 6.10 Å². The Morgan fingerprint density at radius 1 is 1.35 bits per heavy atom. The Bertz CT molecular complexity index is 681. The van der Waals surface area contributed by atoms with Gasteiger partial charge in [0.2, 0.25) is 0 Å². The van der Waals surface area contributed by atoms with E-state index in [-0.39, 0.29) is 24.2 Å². The van der Waals surface area contributed by atoms with E-state index in [0.717, 1.165) is 5.56 Å². The lowest BCUT2D eigenvalue weighted by Crippen LogP contribution is -2.47. The third kappa shape index (κ3) is 3.71. The topological polar surface area (TPSA) is 66.3 Å². The predicted octanol–water partition coefficient (Wildman–Crippen LogP) is 1.68. The number of aliphatic hydroxyl groups is 1. The summed E-state index contributed by atoms with van der Waals surface area (Å²) in [6.07, 6.45) is 4.98. The second-order valence-corrected chi connectivity index (χ2v) is 5.83. The monoisotopic (exact) mass is 315 g/mol. The highest BCUT2D eigenvalue weighted by Gasteiger charge is 2.30. The van der Waals surface area contributed by atoms with Crippen LogP contribution in [0.3, 0.4) is 0 Å². The number of carbonyl (C=O) groups excluding carboxylic acids is 1. The fourth-order valence-electron chi connectivity index (χ4n) is 2.96. The van der Waals surface area contributed by atoms with Crippen molar-refractivity contribution in [1.29, 1.82) is 0 Å². The molecule has 2 atom stereocenters. The van der Waals surface area contributed by atoms with Crippen LogP contribution in [0.15, 0.2) is 43.0 Å². The lowest BCUT2D eigenvalue weighted by Gasteiger charge is -2.36. The van der Waals surface area contributed by atoms with Crippen molar-refractivity contribution in [2.24, 2.45) is 5.92 Å². The standard InChI is InChI=1S/C17H18FN3O2/c18-15-3-1-2-12(7-15)6-13-4-5-21(10-16(13)22)17(23)14-8-19-11-20-9-14/h1-3,7-9,11,13,16,22H,4-6,10H2/t13-,16-/m1/s1. The van der Waals surface area contributed by atoms with Crippen molar-refractivity contribution in [3.8, 4) is 0 Å². The fourth-order valence-corrected chi connectivity index (χ4v) is 2.96. The third-order valence-electron chi connectivity index (χ3n) is 4.20. The summed E-state index contributed by atoms with van der Waals surface area (Å²) in [6, 6.07) is 6.43. The van der Waals surface area contributed by atoms with E-state index in [1.54, 1.807) is 11.0 Å². The van der Waals surface area contributed by atoms with Crippen LogP contribution in [-0.2, 0) is 6.42 Å². The van der Waals surface area contributed by atoms with Crippen molar-refractivity contribution in [3.05, 3.63) is 59.9 Å². The van der Waals surface area contributed by atoms with Crippen LogP contribution in [0.2, 0.25) is 0 Å². The number of hydrogen-bond acceptors (Lipinski definition) is 4. The van der Waals surface area contributed by atoms with E-state index in [1.165, 1.54) is 30.9 Å². The predicted molar refractivity (Wildman–Crippen MR) is 82.2 cm³/mol. The molecule has 0 aliphatic carbocycles. The summed E-state index contributed by atoms with van der Waals surface area (Å²) < 4.78 is 13.2. The van der Waals surface area contributed by atoms with Gasteiger partial charge < -0.3 is 10.0 Å². The molecule has 5 nitrogen and oxygen atoms in total. The van der Waals surface area contributed by atoms with E-state index >= 15 is 0 Å². The molecule has 1 aromatic carbocycles. The molecule has 2 heterocycles. The van der Waals surface area contributed by atoms with Crippen molar-refractivity contribution in [1.82, 2.24) is 14.9 Å². The molecule has 0 saturated carbocycles. The maximum atomic E-state index is 13.2. The number of hydrogen-bond donors (Lipinski definition) is 1. The van der Waals surface area contributed by atoms with Gasteiger partial charge in [0, 0.05) is 25.5 Å². The van der Waals surface area contributed by atoms with Crippen LogP contribution < -0.4 is 0 Å². The number of halogens is 1. The van der Waals surface area contributed by atoms with Crippen molar-refractivity contribution >= 4 is 5.91 Å². The molecule has 1 N–H and O–H groups in total. The fraction of sp³-hybridized carbons (Fsp3) is 0.353. The SMILES string of the molecule is O=C(c1cncnc1)N1CC[C@H](Cc2cccc(F)c2)[C@H](O)C1. The molecule has 0 spiro atoms. The first kappa shape index (κ1) is 15.6. The highest BCUT2D eigenvalue weighted by molar-refractivity contribution is 5.93. The number of β-amino-alcohol motifs (C(OH)–C–C–N with tert-alkyl or cyclic N) is 1. The number of aliphatic hydroxyl groups excluding tert-OH is 1. The Morgan fingerprint density at radius 3 is 2.83 bits per heavy atom. The van der Waals surface area contributed by atoms with Crippen molar-refractivity contribution in [2.75, 3.05) is 13.1 Å². The average Bonchev–Trinajstić information content (AvgIpc) is 2.57. The smallest absolute Gasteiger partial charge is 0.257 e. The van der Waals surface area contributed by atoms with Gasteiger partial charge in [-0.2, -0.15) is 0 Å². The molecular formula is C17H18FN3O2. The minimum absolute atomic E-state index is 0.0212. The number of benzene rings is 1. The van der Waals surface area contributed by atoms with E-state index in [9.17, 15) is 14.3 Å². The van der Waals surface area contributed by atoms with Crippen molar-refractivity contribution in [3.63, 3.8) is 0 Å². The molecule has 120 valence electrons. The molecule has 0 unspecified atom stereocenters. The van der Waals surface area contributed by atoms with Gasteiger partial charge in [-0.3, -0.25) is 4.79 Å². The second kappa shape index (κ2) is 6.83. The summed E-state index contributed by atoms with van der Waals surface area (Å²) in [5.74, 6) is -0.421. The summed E-state index contributed by atoms with van der Waals surface area (Å²) >= 11 is 0. The van der Waals surface area contributed by atoms with Gasteiger partial charge in [-0.25, -0.2) is 14.4 Å². The first-order valence-electron chi connectivity index (χ1n) is 7.60. The van der Waals surface area contributed by atoms with Crippen LogP contribution >= 0.6 is 0 Å². The molecule has 6 heteroatoms. The van der Waals surface area contributed by atoms with Gasteiger partial charge >= 0.3 is 0 Å². The average molecular weight is 315 g/mol. The molecule has 0 radical (unpaired) electrons. The van der Waals surface area contributed by atoms with Crippen molar-refractivity contribution in [2.45, 2.75) is 18.9 Å². The molecule has 2 aromatic rings. The molecule has 1 aliphatic rings. The van der Waals surface area contributed by atoms with E-state index in [2.05, 4.69) is 9.97 Å². The molecule has 1 amide bonds. The minimum Gasteiger partial charge on any atom is -0.391 e. The molecule has 1 aromatic heterocycles. The highest BCUT2D eigenvalue weighted by atomic mass is 19.1. The number of nitrogens with zero attached hydrogens (tertiary/aromatic N) is 3. The van der Waals surface area contributed by atoms with Crippen LogP contribution in [-0.4, -0.2) is 45.1 Å². The zero-order valence-electron chi connectivity index (χ0n) is 12.6. The first-order chi connectivity index (χ1) is 11.1. The largest absolute Gasteiger partial charge is 0.391 e. The van der Waals surface area contributed by atoms with Crippen molar-refractivity contribution < 1.29 is 14.3 Å². The number of likely N-dealkylation sites (tertiary alicyclic amines) is 1. The lowest BCUT2D eigenvalue weighted by molar-refractivity contribution is 0.0197. The van der Waals surface area contributed by atoms with Gasteiger partial charge in [0.1, 0.15) is 12.1 Å². The van der Waals surface area contributed by atoms with Gasteiger partial charge in [-0.15, -0.1) is 0 Å². The van der Waals surface area contributed by atoms with E-state index in [0.29, 0.717) is 24.9 Å². The number of piperidine rings is 1. The molecule has 1 saturated heterocycles. The summed E-state index contributed by atoms with van der Waals surface area (Å²) in [5, 5.41) is 10.3. The Kier molecular flexibility index (Phi) is 4.62. The van der Waals surface area contributed by atoms with Crippen LogP contribution in [0.25, 0.3) is 0 Å². The van der Waals surface area contributed by atoms with Gasteiger partial charge in [-0.1, -0.05) is 12.1 Å².